The lowest BCUT2D eigenvalue weighted by Gasteiger charge is -2.37. The van der Waals surface area contributed by atoms with Crippen LogP contribution in [0, 0.1) is 5.92 Å². The number of hydrogen-bond acceptors (Lipinski definition) is 3. The molecule has 2 aliphatic rings. The number of rotatable bonds is 2. The molecule has 1 aliphatic heterocycles. The molecule has 0 spiro atoms. The van der Waals surface area contributed by atoms with Crippen LogP contribution in [0.3, 0.4) is 0 Å². The number of aryl methyl sites for hydroxylation is 2. The van der Waals surface area contributed by atoms with Gasteiger partial charge in [0.1, 0.15) is 0 Å². The molecule has 1 aromatic rings. The van der Waals surface area contributed by atoms with Crippen LogP contribution in [0.5, 0.6) is 0 Å². The SMILES string of the molecule is CC1CCC(CO)CN1C(=O)c1cc2c(s1)CCCCCC2. The van der Waals surface area contributed by atoms with E-state index in [-0.39, 0.29) is 18.4 Å². The van der Waals surface area contributed by atoms with Crippen molar-refractivity contribution in [3.8, 4) is 0 Å². The Labute approximate surface area is 137 Å². The van der Waals surface area contributed by atoms with E-state index in [2.05, 4.69) is 13.0 Å². The second kappa shape index (κ2) is 7.14. The van der Waals surface area contributed by atoms with Crippen molar-refractivity contribution >= 4 is 17.2 Å². The van der Waals surface area contributed by atoms with Gasteiger partial charge in [0, 0.05) is 24.1 Å². The fourth-order valence-electron chi connectivity index (χ4n) is 3.71. The van der Waals surface area contributed by atoms with E-state index in [4.69, 9.17) is 0 Å². The predicted octanol–water partition coefficient (Wildman–Crippen LogP) is 3.64. The topological polar surface area (TPSA) is 40.5 Å². The number of hydrogen-bond donors (Lipinski definition) is 1. The summed E-state index contributed by atoms with van der Waals surface area (Å²) in [6, 6.07) is 2.45. The molecule has 1 N–H and O–H groups in total. The lowest BCUT2D eigenvalue weighted by Crippen LogP contribution is -2.46. The Morgan fingerprint density at radius 2 is 2.05 bits per heavy atom. The molecule has 0 bridgehead atoms. The maximum Gasteiger partial charge on any atom is 0.264 e. The minimum absolute atomic E-state index is 0.183. The lowest BCUT2D eigenvalue weighted by atomic mass is 9.94. The summed E-state index contributed by atoms with van der Waals surface area (Å²) in [7, 11) is 0. The summed E-state index contributed by atoms with van der Waals surface area (Å²) < 4.78 is 0. The Bertz CT molecular complexity index is 500. The highest BCUT2D eigenvalue weighted by molar-refractivity contribution is 7.14. The molecule has 1 amide bonds. The van der Waals surface area contributed by atoms with Gasteiger partial charge in [-0.05, 0) is 63.0 Å². The second-order valence-electron chi connectivity index (χ2n) is 6.91. The fourth-order valence-corrected chi connectivity index (χ4v) is 4.92. The highest BCUT2D eigenvalue weighted by atomic mass is 32.1. The van der Waals surface area contributed by atoms with Crippen molar-refractivity contribution in [3.63, 3.8) is 0 Å². The zero-order chi connectivity index (χ0) is 15.5. The Hall–Kier alpha value is -0.870. The van der Waals surface area contributed by atoms with Gasteiger partial charge in [-0.1, -0.05) is 12.8 Å². The molecule has 22 heavy (non-hydrogen) atoms. The molecule has 0 saturated carbocycles. The Morgan fingerprint density at radius 1 is 1.27 bits per heavy atom. The van der Waals surface area contributed by atoms with E-state index >= 15 is 0 Å². The van der Waals surface area contributed by atoms with Gasteiger partial charge in [0.15, 0.2) is 0 Å². The first kappa shape index (κ1) is 16.0. The Morgan fingerprint density at radius 3 is 2.82 bits per heavy atom. The summed E-state index contributed by atoms with van der Waals surface area (Å²) in [4.78, 5) is 17.3. The highest BCUT2D eigenvalue weighted by Crippen LogP contribution is 2.31. The molecule has 1 fully saturated rings. The first-order valence-corrected chi connectivity index (χ1v) is 9.54. The molecule has 1 saturated heterocycles. The van der Waals surface area contributed by atoms with E-state index in [9.17, 15) is 9.90 Å². The van der Waals surface area contributed by atoms with E-state index in [0.29, 0.717) is 12.6 Å². The van der Waals surface area contributed by atoms with Crippen LogP contribution in [0.15, 0.2) is 6.07 Å². The van der Waals surface area contributed by atoms with E-state index in [1.807, 2.05) is 4.90 Å². The van der Waals surface area contributed by atoms with Crippen molar-refractivity contribution < 1.29 is 9.90 Å². The summed E-state index contributed by atoms with van der Waals surface area (Å²) in [5.41, 5.74) is 1.41. The van der Waals surface area contributed by atoms with Crippen LogP contribution in [0.1, 0.15) is 65.6 Å². The minimum Gasteiger partial charge on any atom is -0.396 e. The number of carbonyl (C=O) groups is 1. The zero-order valence-electron chi connectivity index (χ0n) is 13.5. The number of likely N-dealkylation sites (tertiary alicyclic amines) is 1. The normalized spacial score (nSPS) is 26.2. The Balaban J connectivity index is 1.77. The third kappa shape index (κ3) is 3.38. The number of aliphatic hydroxyl groups excluding tert-OH is 1. The molecular weight excluding hydrogens is 294 g/mol. The summed E-state index contributed by atoms with van der Waals surface area (Å²) >= 11 is 1.72. The predicted molar refractivity (Wildman–Crippen MR) is 90.5 cm³/mol. The van der Waals surface area contributed by atoms with Crippen LogP contribution < -0.4 is 0 Å². The van der Waals surface area contributed by atoms with Crippen molar-refractivity contribution in [3.05, 3.63) is 21.4 Å². The third-order valence-electron chi connectivity index (χ3n) is 5.21. The van der Waals surface area contributed by atoms with Gasteiger partial charge in [0.05, 0.1) is 4.88 Å². The van der Waals surface area contributed by atoms with E-state index in [0.717, 1.165) is 30.6 Å². The average Bonchev–Trinajstić information content (AvgIpc) is 2.89. The molecule has 2 heterocycles. The summed E-state index contributed by atoms with van der Waals surface area (Å²) in [5, 5.41) is 9.41. The zero-order valence-corrected chi connectivity index (χ0v) is 14.3. The molecule has 4 heteroatoms. The van der Waals surface area contributed by atoms with Gasteiger partial charge in [0.25, 0.3) is 5.91 Å². The van der Waals surface area contributed by atoms with Crippen molar-refractivity contribution in [2.24, 2.45) is 5.92 Å². The monoisotopic (exact) mass is 321 g/mol. The van der Waals surface area contributed by atoms with Crippen LogP contribution in [0.2, 0.25) is 0 Å². The molecule has 0 aromatic carbocycles. The quantitative estimate of drug-likeness (QED) is 0.903. The van der Waals surface area contributed by atoms with Gasteiger partial charge in [-0.2, -0.15) is 0 Å². The average molecular weight is 321 g/mol. The molecule has 1 aromatic heterocycles. The number of piperidine rings is 1. The molecule has 2 atom stereocenters. The van der Waals surface area contributed by atoms with Crippen LogP contribution in [-0.2, 0) is 12.8 Å². The molecular formula is C18H27NO2S. The van der Waals surface area contributed by atoms with Gasteiger partial charge in [-0.25, -0.2) is 0 Å². The van der Waals surface area contributed by atoms with Gasteiger partial charge in [0.2, 0.25) is 0 Å². The van der Waals surface area contributed by atoms with Crippen LogP contribution in [0.4, 0.5) is 0 Å². The van der Waals surface area contributed by atoms with E-state index in [1.165, 1.54) is 36.1 Å². The first-order chi connectivity index (χ1) is 10.7. The molecule has 122 valence electrons. The first-order valence-electron chi connectivity index (χ1n) is 8.72. The number of thiophene rings is 1. The van der Waals surface area contributed by atoms with Gasteiger partial charge >= 0.3 is 0 Å². The molecule has 1 aliphatic carbocycles. The fraction of sp³-hybridized carbons (Fsp3) is 0.722. The van der Waals surface area contributed by atoms with Crippen LogP contribution in [-0.4, -0.2) is 35.1 Å². The highest BCUT2D eigenvalue weighted by Gasteiger charge is 2.30. The van der Waals surface area contributed by atoms with E-state index in [1.54, 1.807) is 11.3 Å². The van der Waals surface area contributed by atoms with Crippen molar-refractivity contribution in [2.45, 2.75) is 64.3 Å². The second-order valence-corrected chi connectivity index (χ2v) is 8.04. The maximum absolute atomic E-state index is 12.9. The van der Waals surface area contributed by atoms with Crippen LogP contribution >= 0.6 is 11.3 Å². The lowest BCUT2D eigenvalue weighted by molar-refractivity contribution is 0.0493. The number of fused-ring (bicyclic) bond motifs is 1. The smallest absolute Gasteiger partial charge is 0.264 e. The summed E-state index contributed by atoms with van der Waals surface area (Å²) in [6.45, 7) is 3.03. The molecule has 0 radical (unpaired) electrons. The number of carbonyl (C=O) groups excluding carboxylic acids is 1. The number of nitrogens with zero attached hydrogens (tertiary/aromatic N) is 1. The Kier molecular flexibility index (Phi) is 5.19. The van der Waals surface area contributed by atoms with Gasteiger partial charge in [-0.15, -0.1) is 11.3 Å². The van der Waals surface area contributed by atoms with Crippen LogP contribution in [0.25, 0.3) is 0 Å². The van der Waals surface area contributed by atoms with Gasteiger partial charge < -0.3 is 10.0 Å². The third-order valence-corrected chi connectivity index (χ3v) is 6.43. The molecule has 3 nitrogen and oxygen atoms in total. The van der Waals surface area contributed by atoms with Crippen molar-refractivity contribution in [2.75, 3.05) is 13.2 Å². The van der Waals surface area contributed by atoms with Crippen molar-refractivity contribution in [1.82, 2.24) is 4.90 Å². The van der Waals surface area contributed by atoms with Gasteiger partial charge in [-0.3, -0.25) is 4.79 Å². The standard InChI is InChI=1S/C18H27NO2S/c1-13-8-9-14(12-20)11-19(13)18(21)17-10-15-6-4-2-3-5-7-16(15)22-17/h10,13-14,20H,2-9,11-12H2,1H3. The number of aliphatic hydroxyl groups is 1. The van der Waals surface area contributed by atoms with E-state index < -0.39 is 0 Å². The largest absolute Gasteiger partial charge is 0.396 e. The summed E-state index contributed by atoms with van der Waals surface area (Å²) in [6.07, 6.45) is 9.46. The summed E-state index contributed by atoms with van der Waals surface area (Å²) in [5.74, 6) is 0.434. The van der Waals surface area contributed by atoms with Crippen molar-refractivity contribution in [1.29, 1.82) is 0 Å². The molecule has 3 rings (SSSR count). The maximum atomic E-state index is 12.9. The number of amides is 1. The minimum atomic E-state index is 0.183. The molecule has 2 unspecified atom stereocenters.